The van der Waals surface area contributed by atoms with Crippen LogP contribution in [0.25, 0.3) is 0 Å². The highest BCUT2D eigenvalue weighted by atomic mass is 32.2. The van der Waals surface area contributed by atoms with E-state index in [4.69, 9.17) is 0 Å². The first-order valence-corrected chi connectivity index (χ1v) is 10.0. The number of pyridine rings is 1. The molecule has 4 nitrogen and oxygen atoms in total. The summed E-state index contributed by atoms with van der Waals surface area (Å²) in [5, 5.41) is 3.19. The lowest BCUT2D eigenvalue weighted by Gasteiger charge is -2.10. The molecular formula is C23H19FN4S. The van der Waals surface area contributed by atoms with Crippen LogP contribution < -0.4 is 5.32 Å². The number of hydrogen-bond donors (Lipinski definition) is 1. The molecule has 1 N–H and O–H groups in total. The predicted molar refractivity (Wildman–Crippen MR) is 114 cm³/mol. The van der Waals surface area contributed by atoms with E-state index in [0.717, 1.165) is 22.0 Å². The van der Waals surface area contributed by atoms with Crippen molar-refractivity contribution >= 4 is 23.3 Å². The zero-order chi connectivity index (χ0) is 20.1. The van der Waals surface area contributed by atoms with Gasteiger partial charge in [-0.05, 0) is 42.8 Å². The number of hydrogen-bond acceptors (Lipinski definition) is 5. The maximum atomic E-state index is 14.6. The summed E-state index contributed by atoms with van der Waals surface area (Å²) in [6.07, 6.45) is 4.04. The molecule has 2 aromatic heterocycles. The Bertz CT molecular complexity index is 1100. The van der Waals surface area contributed by atoms with Gasteiger partial charge in [-0.2, -0.15) is 0 Å². The molecule has 4 aromatic rings. The summed E-state index contributed by atoms with van der Waals surface area (Å²) in [4.78, 5) is 14.6. The van der Waals surface area contributed by atoms with Crippen LogP contribution in [0.5, 0.6) is 0 Å². The molecule has 0 aliphatic heterocycles. The van der Waals surface area contributed by atoms with E-state index in [9.17, 15) is 4.39 Å². The summed E-state index contributed by atoms with van der Waals surface area (Å²) in [5.41, 5.74) is 2.65. The van der Waals surface area contributed by atoms with Gasteiger partial charge in [0.15, 0.2) is 0 Å². The van der Waals surface area contributed by atoms with Crippen molar-refractivity contribution in [2.75, 3.05) is 5.32 Å². The number of anilines is 2. The van der Waals surface area contributed by atoms with Crippen LogP contribution >= 0.6 is 11.8 Å². The lowest BCUT2D eigenvalue weighted by Crippen LogP contribution is -2.03. The second-order valence-corrected chi connectivity index (χ2v) is 7.64. The number of aryl methyl sites for hydroxylation is 1. The van der Waals surface area contributed by atoms with Crippen molar-refractivity contribution in [2.45, 2.75) is 23.1 Å². The Morgan fingerprint density at radius 1 is 0.931 bits per heavy atom. The Morgan fingerprint density at radius 3 is 2.48 bits per heavy atom. The van der Waals surface area contributed by atoms with E-state index in [-0.39, 0.29) is 5.82 Å². The molecule has 0 saturated heterocycles. The average molecular weight is 402 g/mol. The van der Waals surface area contributed by atoms with E-state index in [0.29, 0.717) is 22.8 Å². The van der Waals surface area contributed by atoms with E-state index in [2.05, 4.69) is 20.3 Å². The Labute approximate surface area is 173 Å². The van der Waals surface area contributed by atoms with E-state index in [1.807, 2.05) is 61.5 Å². The second kappa shape index (κ2) is 8.84. The molecule has 0 radical (unpaired) electrons. The summed E-state index contributed by atoms with van der Waals surface area (Å²) in [5.74, 6) is 1.09. The third-order valence-electron chi connectivity index (χ3n) is 4.19. The third kappa shape index (κ3) is 5.18. The Hall–Kier alpha value is -3.25. The van der Waals surface area contributed by atoms with Gasteiger partial charge in [0.2, 0.25) is 0 Å². The van der Waals surface area contributed by atoms with Crippen LogP contribution in [-0.4, -0.2) is 15.0 Å². The van der Waals surface area contributed by atoms with Gasteiger partial charge < -0.3 is 5.32 Å². The summed E-state index contributed by atoms with van der Waals surface area (Å²) in [6, 6.07) is 20.7. The standard InChI is InChI=1S/C23H19FN4S/c1-16-13-22(28-23(26-16)14-17-5-3-2-4-6-17)27-18-7-8-21(20(24)15-18)29-19-9-11-25-12-10-19/h2-13,15H,14H2,1H3,(H,26,27,28). The fourth-order valence-electron chi connectivity index (χ4n) is 2.89. The van der Waals surface area contributed by atoms with Gasteiger partial charge in [-0.3, -0.25) is 4.98 Å². The molecule has 2 heterocycles. The topological polar surface area (TPSA) is 50.7 Å². The number of rotatable bonds is 6. The molecule has 0 amide bonds. The monoisotopic (exact) mass is 402 g/mol. The van der Waals surface area contributed by atoms with Crippen LogP contribution in [0.2, 0.25) is 0 Å². The van der Waals surface area contributed by atoms with Crippen LogP contribution in [0.1, 0.15) is 17.1 Å². The molecule has 0 aliphatic carbocycles. The Morgan fingerprint density at radius 2 is 1.72 bits per heavy atom. The van der Waals surface area contributed by atoms with Crippen molar-refractivity contribution in [3.8, 4) is 0 Å². The SMILES string of the molecule is Cc1cc(Nc2ccc(Sc3ccncc3)c(F)c2)nc(Cc2ccccc2)n1. The molecule has 2 aromatic carbocycles. The Balaban J connectivity index is 1.51. The molecule has 0 spiro atoms. The van der Waals surface area contributed by atoms with Gasteiger partial charge in [0.1, 0.15) is 17.5 Å². The molecule has 0 fully saturated rings. The molecule has 0 unspecified atom stereocenters. The summed E-state index contributed by atoms with van der Waals surface area (Å²) >= 11 is 1.37. The molecule has 4 rings (SSSR count). The van der Waals surface area contributed by atoms with Crippen molar-refractivity contribution in [3.63, 3.8) is 0 Å². The minimum Gasteiger partial charge on any atom is -0.340 e. The fraction of sp³-hybridized carbons (Fsp3) is 0.0870. The lowest BCUT2D eigenvalue weighted by atomic mass is 10.1. The molecule has 0 bridgehead atoms. The average Bonchev–Trinajstić information content (AvgIpc) is 2.71. The van der Waals surface area contributed by atoms with Gasteiger partial charge in [-0.25, -0.2) is 14.4 Å². The van der Waals surface area contributed by atoms with Crippen LogP contribution in [0.15, 0.2) is 88.9 Å². The highest BCUT2D eigenvalue weighted by Crippen LogP contribution is 2.31. The summed E-state index contributed by atoms with van der Waals surface area (Å²) in [7, 11) is 0. The minimum absolute atomic E-state index is 0.285. The molecular weight excluding hydrogens is 383 g/mol. The van der Waals surface area contributed by atoms with Gasteiger partial charge in [0.25, 0.3) is 0 Å². The first kappa shape index (κ1) is 19.1. The van der Waals surface area contributed by atoms with Crippen LogP contribution in [-0.2, 0) is 6.42 Å². The number of benzene rings is 2. The van der Waals surface area contributed by atoms with Crippen molar-refractivity contribution < 1.29 is 4.39 Å². The largest absolute Gasteiger partial charge is 0.340 e. The van der Waals surface area contributed by atoms with Crippen LogP contribution in [0.3, 0.4) is 0 Å². The second-order valence-electron chi connectivity index (χ2n) is 6.53. The van der Waals surface area contributed by atoms with Crippen molar-refractivity contribution in [1.82, 2.24) is 15.0 Å². The van der Waals surface area contributed by atoms with E-state index >= 15 is 0 Å². The first-order valence-electron chi connectivity index (χ1n) is 9.19. The van der Waals surface area contributed by atoms with Crippen molar-refractivity contribution in [3.05, 3.63) is 102 Å². The zero-order valence-electron chi connectivity index (χ0n) is 15.8. The fourth-order valence-corrected chi connectivity index (χ4v) is 3.70. The zero-order valence-corrected chi connectivity index (χ0v) is 16.7. The normalized spacial score (nSPS) is 10.7. The minimum atomic E-state index is -0.285. The molecule has 144 valence electrons. The first-order chi connectivity index (χ1) is 14.2. The molecule has 6 heteroatoms. The number of nitrogens with zero attached hydrogens (tertiary/aromatic N) is 3. The quantitative estimate of drug-likeness (QED) is 0.441. The number of halogens is 1. The van der Waals surface area contributed by atoms with Crippen molar-refractivity contribution in [1.29, 1.82) is 0 Å². The van der Waals surface area contributed by atoms with E-state index in [1.54, 1.807) is 18.5 Å². The van der Waals surface area contributed by atoms with Gasteiger partial charge in [0, 0.05) is 46.1 Å². The van der Waals surface area contributed by atoms with E-state index < -0.39 is 0 Å². The maximum Gasteiger partial charge on any atom is 0.139 e. The Kier molecular flexibility index (Phi) is 5.81. The van der Waals surface area contributed by atoms with Crippen LogP contribution in [0.4, 0.5) is 15.9 Å². The van der Waals surface area contributed by atoms with Crippen LogP contribution in [0, 0.1) is 12.7 Å². The van der Waals surface area contributed by atoms with Gasteiger partial charge in [-0.1, -0.05) is 42.1 Å². The highest BCUT2D eigenvalue weighted by molar-refractivity contribution is 7.99. The molecule has 29 heavy (non-hydrogen) atoms. The summed E-state index contributed by atoms with van der Waals surface area (Å²) in [6.45, 7) is 1.93. The van der Waals surface area contributed by atoms with Gasteiger partial charge in [-0.15, -0.1) is 0 Å². The van der Waals surface area contributed by atoms with Crippen molar-refractivity contribution in [2.24, 2.45) is 0 Å². The molecule has 0 saturated carbocycles. The smallest absolute Gasteiger partial charge is 0.139 e. The number of aromatic nitrogens is 3. The van der Waals surface area contributed by atoms with Gasteiger partial charge in [0.05, 0.1) is 0 Å². The molecule has 0 atom stereocenters. The number of nitrogens with one attached hydrogen (secondary N) is 1. The third-order valence-corrected chi connectivity index (χ3v) is 5.25. The molecule has 0 aliphatic rings. The lowest BCUT2D eigenvalue weighted by molar-refractivity contribution is 0.602. The highest BCUT2D eigenvalue weighted by Gasteiger charge is 2.08. The van der Waals surface area contributed by atoms with E-state index in [1.165, 1.54) is 17.8 Å². The maximum absolute atomic E-state index is 14.6. The summed E-state index contributed by atoms with van der Waals surface area (Å²) < 4.78 is 14.6. The predicted octanol–water partition coefficient (Wildman–Crippen LogP) is 5.80. The van der Waals surface area contributed by atoms with Gasteiger partial charge >= 0.3 is 0 Å².